The van der Waals surface area contributed by atoms with E-state index in [1.54, 1.807) is 37.4 Å². The first-order valence-electron chi connectivity index (χ1n) is 7.09. The number of sulfonamides is 1. The Kier molecular flexibility index (Phi) is 4.33. The van der Waals surface area contributed by atoms with Crippen LogP contribution in [0.5, 0.6) is 5.75 Å². The van der Waals surface area contributed by atoms with Gasteiger partial charge < -0.3 is 9.15 Å². The molecule has 0 unspecified atom stereocenters. The lowest BCUT2D eigenvalue weighted by Gasteiger charge is -2.11. The molecular weight excluding hydrogens is 348 g/mol. The molecule has 0 aliphatic rings. The highest BCUT2D eigenvalue weighted by atomic mass is 32.2. The molecule has 0 amide bonds. The third kappa shape index (κ3) is 3.29. The van der Waals surface area contributed by atoms with Crippen molar-refractivity contribution >= 4 is 27.0 Å². The number of methoxy groups -OCH3 is 1. The molecule has 1 aromatic carbocycles. The zero-order valence-electron chi connectivity index (χ0n) is 13.4. The topological polar surface area (TPSA) is 81.4 Å². The van der Waals surface area contributed by atoms with Crippen LogP contribution in [0, 0.1) is 13.8 Å². The Labute approximate surface area is 144 Å². The highest BCUT2D eigenvalue weighted by Crippen LogP contribution is 2.33. The molecule has 0 bridgehead atoms. The summed E-state index contributed by atoms with van der Waals surface area (Å²) in [6.07, 6.45) is 1.58. The van der Waals surface area contributed by atoms with E-state index in [0.717, 1.165) is 16.9 Å². The van der Waals surface area contributed by atoms with Crippen molar-refractivity contribution in [2.24, 2.45) is 0 Å². The fourth-order valence-corrected chi connectivity index (χ4v) is 4.48. The molecule has 3 rings (SSSR count). The largest absolute Gasteiger partial charge is 0.495 e. The molecule has 3 aromatic rings. The number of rotatable bonds is 5. The van der Waals surface area contributed by atoms with E-state index in [9.17, 15) is 8.42 Å². The molecule has 0 saturated carbocycles. The summed E-state index contributed by atoms with van der Waals surface area (Å²) >= 11 is 1.12. The van der Waals surface area contributed by atoms with Crippen molar-refractivity contribution in [3.63, 3.8) is 0 Å². The maximum Gasteiger partial charge on any atom is 0.271 e. The summed E-state index contributed by atoms with van der Waals surface area (Å²) in [4.78, 5) is 4.72. The molecule has 0 spiro atoms. The van der Waals surface area contributed by atoms with Crippen molar-refractivity contribution < 1.29 is 17.6 Å². The quantitative estimate of drug-likeness (QED) is 0.744. The Hall–Kier alpha value is -2.32. The molecule has 1 N–H and O–H groups in total. The van der Waals surface area contributed by atoms with Crippen molar-refractivity contribution in [3.8, 4) is 16.4 Å². The number of nitrogens with zero attached hydrogens (tertiary/aromatic N) is 1. The fraction of sp³-hybridized carbons (Fsp3) is 0.188. The number of aromatic nitrogens is 1. The van der Waals surface area contributed by atoms with Crippen LogP contribution >= 0.6 is 11.3 Å². The molecule has 0 saturated heterocycles. The van der Waals surface area contributed by atoms with Gasteiger partial charge in [0.2, 0.25) is 0 Å². The predicted octanol–water partition coefficient (Wildman–Crippen LogP) is 3.83. The summed E-state index contributed by atoms with van der Waals surface area (Å²) in [5.74, 6) is 1.55. The van der Waals surface area contributed by atoms with E-state index in [1.165, 1.54) is 7.11 Å². The Morgan fingerprint density at radius 2 is 2.00 bits per heavy atom. The van der Waals surface area contributed by atoms with Crippen LogP contribution in [0.3, 0.4) is 0 Å². The van der Waals surface area contributed by atoms with Gasteiger partial charge in [-0.15, -0.1) is 11.3 Å². The number of hydrogen-bond donors (Lipinski definition) is 1. The standard InChI is InChI=1S/C16H16N2O4S2/c1-10-4-5-13(21-3)12(8-10)18-24(19,20)16-7-6-15(23-16)14-9-17-11(2)22-14/h4-9,18H,1-3H3. The first kappa shape index (κ1) is 16.5. The Balaban J connectivity index is 1.92. The van der Waals surface area contributed by atoms with Crippen molar-refractivity contribution in [1.29, 1.82) is 0 Å². The van der Waals surface area contributed by atoms with Crippen molar-refractivity contribution in [3.05, 3.63) is 48.0 Å². The Bertz CT molecular complexity index is 974. The van der Waals surface area contributed by atoms with Gasteiger partial charge >= 0.3 is 0 Å². The van der Waals surface area contributed by atoms with Crippen LogP contribution in [0.25, 0.3) is 10.6 Å². The highest BCUT2D eigenvalue weighted by molar-refractivity contribution is 7.94. The minimum atomic E-state index is -3.72. The lowest BCUT2D eigenvalue weighted by molar-refractivity contribution is 0.417. The zero-order valence-corrected chi connectivity index (χ0v) is 15.0. The molecule has 24 heavy (non-hydrogen) atoms. The van der Waals surface area contributed by atoms with E-state index in [-0.39, 0.29) is 4.21 Å². The molecule has 0 aliphatic heterocycles. The molecule has 0 aliphatic carbocycles. The van der Waals surface area contributed by atoms with Crippen molar-refractivity contribution in [2.75, 3.05) is 11.8 Å². The van der Waals surface area contributed by atoms with Crippen LogP contribution in [0.2, 0.25) is 0 Å². The van der Waals surface area contributed by atoms with Gasteiger partial charge in [-0.05, 0) is 36.8 Å². The average Bonchev–Trinajstić information content (AvgIpc) is 3.16. The van der Waals surface area contributed by atoms with Gasteiger partial charge in [0.15, 0.2) is 11.7 Å². The lowest BCUT2D eigenvalue weighted by Crippen LogP contribution is -2.12. The number of benzene rings is 1. The smallest absolute Gasteiger partial charge is 0.271 e. The van der Waals surface area contributed by atoms with Gasteiger partial charge in [0.25, 0.3) is 10.0 Å². The minimum Gasteiger partial charge on any atom is -0.495 e. The van der Waals surface area contributed by atoms with Gasteiger partial charge in [0.1, 0.15) is 9.96 Å². The van der Waals surface area contributed by atoms with Crippen LogP contribution in [-0.2, 0) is 10.0 Å². The van der Waals surface area contributed by atoms with Crippen molar-refractivity contribution in [2.45, 2.75) is 18.1 Å². The van der Waals surface area contributed by atoms with Crippen LogP contribution in [0.1, 0.15) is 11.5 Å². The first-order valence-corrected chi connectivity index (χ1v) is 9.39. The average molecular weight is 364 g/mol. The summed E-state index contributed by atoms with van der Waals surface area (Å²) < 4.78 is 38.7. The van der Waals surface area contributed by atoms with Gasteiger partial charge in [-0.3, -0.25) is 4.72 Å². The van der Waals surface area contributed by atoms with Gasteiger partial charge in [0.05, 0.1) is 23.9 Å². The van der Waals surface area contributed by atoms with Crippen LogP contribution < -0.4 is 9.46 Å². The van der Waals surface area contributed by atoms with E-state index in [1.807, 2.05) is 13.0 Å². The van der Waals surface area contributed by atoms with E-state index in [4.69, 9.17) is 9.15 Å². The molecule has 0 radical (unpaired) electrons. The second kappa shape index (κ2) is 6.29. The molecule has 0 atom stereocenters. The van der Waals surface area contributed by atoms with Gasteiger partial charge in [-0.2, -0.15) is 0 Å². The summed E-state index contributed by atoms with van der Waals surface area (Å²) in [6, 6.07) is 8.55. The van der Waals surface area contributed by atoms with Gasteiger partial charge in [-0.1, -0.05) is 6.07 Å². The highest BCUT2D eigenvalue weighted by Gasteiger charge is 2.20. The molecule has 126 valence electrons. The van der Waals surface area contributed by atoms with E-state index in [2.05, 4.69) is 9.71 Å². The van der Waals surface area contributed by atoms with E-state index >= 15 is 0 Å². The number of ether oxygens (including phenoxy) is 1. The SMILES string of the molecule is COc1ccc(C)cc1NS(=O)(=O)c1ccc(-c2cnc(C)o2)s1. The van der Waals surface area contributed by atoms with Crippen LogP contribution in [0.4, 0.5) is 5.69 Å². The second-order valence-corrected chi connectivity index (χ2v) is 8.16. The maximum atomic E-state index is 12.6. The fourth-order valence-electron chi connectivity index (χ4n) is 2.17. The molecule has 2 aromatic heterocycles. The number of oxazole rings is 1. The maximum absolute atomic E-state index is 12.6. The van der Waals surface area contributed by atoms with Crippen molar-refractivity contribution in [1.82, 2.24) is 4.98 Å². The van der Waals surface area contributed by atoms with Gasteiger partial charge in [0, 0.05) is 6.92 Å². The molecule has 2 heterocycles. The lowest BCUT2D eigenvalue weighted by atomic mass is 10.2. The van der Waals surface area contributed by atoms with E-state index < -0.39 is 10.0 Å². The number of aryl methyl sites for hydroxylation is 2. The van der Waals surface area contributed by atoms with Crippen LogP contribution in [-0.4, -0.2) is 20.5 Å². The molecule has 8 heteroatoms. The summed E-state index contributed by atoms with van der Waals surface area (Å²) in [5, 5.41) is 0. The predicted molar refractivity (Wildman–Crippen MR) is 93.1 cm³/mol. The first-order chi connectivity index (χ1) is 11.4. The number of thiophene rings is 1. The summed E-state index contributed by atoms with van der Waals surface area (Å²) in [7, 11) is -2.22. The molecule has 6 nitrogen and oxygen atoms in total. The monoisotopic (exact) mass is 364 g/mol. The van der Waals surface area contributed by atoms with Gasteiger partial charge in [-0.25, -0.2) is 13.4 Å². The molecular formula is C16H16N2O4S2. The van der Waals surface area contributed by atoms with E-state index in [0.29, 0.717) is 28.0 Å². The Morgan fingerprint density at radius 3 is 2.67 bits per heavy atom. The zero-order chi connectivity index (χ0) is 17.3. The third-order valence-electron chi connectivity index (χ3n) is 3.31. The Morgan fingerprint density at radius 1 is 1.21 bits per heavy atom. The minimum absolute atomic E-state index is 0.190. The third-order valence-corrected chi connectivity index (χ3v) is 6.27. The number of anilines is 1. The van der Waals surface area contributed by atoms with Crippen LogP contribution in [0.15, 0.2) is 45.2 Å². The summed E-state index contributed by atoms with van der Waals surface area (Å²) in [6.45, 7) is 3.62. The number of hydrogen-bond acceptors (Lipinski definition) is 6. The normalized spacial score (nSPS) is 11.5. The number of nitrogens with one attached hydrogen (secondary N) is 1. The second-order valence-electron chi connectivity index (χ2n) is 5.17. The molecule has 0 fully saturated rings. The summed E-state index contributed by atoms with van der Waals surface area (Å²) in [5.41, 5.74) is 1.33.